The van der Waals surface area contributed by atoms with Crippen molar-refractivity contribution < 1.29 is 13.9 Å². The number of ether oxygens (including phenoxy) is 2. The third-order valence-corrected chi connectivity index (χ3v) is 5.05. The van der Waals surface area contributed by atoms with E-state index >= 15 is 0 Å². The van der Waals surface area contributed by atoms with Crippen molar-refractivity contribution in [3.8, 4) is 11.5 Å². The Morgan fingerprint density at radius 1 is 1.07 bits per heavy atom. The second kappa shape index (κ2) is 8.29. The molecule has 2 aromatic carbocycles. The van der Waals surface area contributed by atoms with Crippen LogP contribution in [0.25, 0.3) is 0 Å². The molecule has 0 unspecified atom stereocenters. The Bertz CT molecular complexity index is 819. The van der Waals surface area contributed by atoms with Crippen LogP contribution in [0.15, 0.2) is 47.5 Å². The fraction of sp³-hybridized carbons (Fsp3) is 0.381. The van der Waals surface area contributed by atoms with Gasteiger partial charge in [0, 0.05) is 31.1 Å². The van der Waals surface area contributed by atoms with E-state index in [-0.39, 0.29) is 11.2 Å². The lowest BCUT2D eigenvalue weighted by molar-refractivity contribution is 0.351. The van der Waals surface area contributed by atoms with Gasteiger partial charge in [-0.05, 0) is 30.5 Å². The quantitative estimate of drug-likeness (QED) is 0.580. The van der Waals surface area contributed by atoms with E-state index in [1.165, 1.54) is 6.07 Å². The molecule has 1 saturated carbocycles. The van der Waals surface area contributed by atoms with Gasteiger partial charge in [0.05, 0.1) is 14.2 Å². The van der Waals surface area contributed by atoms with Crippen molar-refractivity contribution >= 4 is 5.96 Å². The van der Waals surface area contributed by atoms with Crippen LogP contribution in [0.4, 0.5) is 4.39 Å². The molecule has 0 heterocycles. The molecule has 27 heavy (non-hydrogen) atoms. The highest BCUT2D eigenvalue weighted by Gasteiger charge is 2.45. The molecule has 0 amide bonds. The fourth-order valence-corrected chi connectivity index (χ4v) is 3.33. The zero-order valence-electron chi connectivity index (χ0n) is 16.0. The first-order chi connectivity index (χ1) is 13.1. The lowest BCUT2D eigenvalue weighted by atomic mass is 9.95. The van der Waals surface area contributed by atoms with Crippen LogP contribution in [0, 0.1) is 5.82 Å². The number of aliphatic imine (C=N–C) groups is 1. The summed E-state index contributed by atoms with van der Waals surface area (Å²) in [4.78, 5) is 4.28. The predicted octanol–water partition coefficient (Wildman–Crippen LogP) is 3.24. The highest BCUT2D eigenvalue weighted by Crippen LogP contribution is 2.48. The number of hydrogen-bond acceptors (Lipinski definition) is 3. The smallest absolute Gasteiger partial charge is 0.191 e. The van der Waals surface area contributed by atoms with E-state index in [0.29, 0.717) is 30.5 Å². The largest absolute Gasteiger partial charge is 0.493 e. The number of benzene rings is 2. The highest BCUT2D eigenvalue weighted by molar-refractivity contribution is 5.80. The number of methoxy groups -OCH3 is 2. The van der Waals surface area contributed by atoms with Gasteiger partial charge in [-0.25, -0.2) is 4.39 Å². The summed E-state index contributed by atoms with van der Waals surface area (Å²) >= 11 is 0. The monoisotopic (exact) mass is 371 g/mol. The second-order valence-electron chi connectivity index (χ2n) is 6.69. The van der Waals surface area contributed by atoms with Gasteiger partial charge < -0.3 is 20.1 Å². The molecule has 2 N–H and O–H groups in total. The van der Waals surface area contributed by atoms with Gasteiger partial charge in [0.25, 0.3) is 0 Å². The zero-order valence-corrected chi connectivity index (χ0v) is 16.0. The standard InChI is InChI=1S/C21H26FN3O2/c1-23-20(24-13-15-7-6-10-18(26-2)19(15)27-3)25-14-21(11-12-21)16-8-4-5-9-17(16)22/h4-10H,11-14H2,1-3H3,(H2,23,24,25). The molecule has 3 rings (SSSR count). The maximum absolute atomic E-state index is 14.2. The summed E-state index contributed by atoms with van der Waals surface area (Å²) in [7, 11) is 4.97. The molecule has 1 aliphatic rings. The maximum Gasteiger partial charge on any atom is 0.191 e. The summed E-state index contributed by atoms with van der Waals surface area (Å²) in [6.07, 6.45) is 1.95. The Kier molecular flexibility index (Phi) is 5.84. The number of para-hydroxylation sites is 1. The van der Waals surface area contributed by atoms with Crippen molar-refractivity contribution in [1.82, 2.24) is 10.6 Å². The van der Waals surface area contributed by atoms with Gasteiger partial charge in [-0.1, -0.05) is 30.3 Å². The average molecular weight is 371 g/mol. The van der Waals surface area contributed by atoms with Gasteiger partial charge in [-0.2, -0.15) is 0 Å². The Balaban J connectivity index is 1.62. The molecule has 6 heteroatoms. The number of hydrogen-bond donors (Lipinski definition) is 2. The molecule has 0 spiro atoms. The number of rotatable bonds is 7. The molecule has 2 aromatic rings. The first-order valence-corrected chi connectivity index (χ1v) is 9.03. The van der Waals surface area contributed by atoms with Crippen LogP contribution in [0.2, 0.25) is 0 Å². The maximum atomic E-state index is 14.2. The van der Waals surface area contributed by atoms with E-state index in [0.717, 1.165) is 24.0 Å². The third kappa shape index (κ3) is 4.15. The molecule has 0 atom stereocenters. The lowest BCUT2D eigenvalue weighted by Crippen LogP contribution is -2.41. The minimum Gasteiger partial charge on any atom is -0.493 e. The van der Waals surface area contributed by atoms with Crippen LogP contribution in [0.1, 0.15) is 24.0 Å². The van der Waals surface area contributed by atoms with Gasteiger partial charge in [0.1, 0.15) is 5.82 Å². The van der Waals surface area contributed by atoms with Crippen LogP contribution >= 0.6 is 0 Å². The van der Waals surface area contributed by atoms with Crippen molar-refractivity contribution in [1.29, 1.82) is 0 Å². The molecule has 1 aliphatic carbocycles. The number of nitrogens with zero attached hydrogens (tertiary/aromatic N) is 1. The molecular weight excluding hydrogens is 345 g/mol. The van der Waals surface area contributed by atoms with E-state index in [9.17, 15) is 4.39 Å². The number of guanidine groups is 1. The van der Waals surface area contributed by atoms with E-state index < -0.39 is 0 Å². The molecule has 0 radical (unpaired) electrons. The Morgan fingerprint density at radius 2 is 1.85 bits per heavy atom. The minimum absolute atomic E-state index is 0.138. The summed E-state index contributed by atoms with van der Waals surface area (Å²) in [5.74, 6) is 1.92. The molecule has 0 saturated heterocycles. The van der Waals surface area contributed by atoms with Crippen LogP contribution in [-0.2, 0) is 12.0 Å². The molecule has 0 aromatic heterocycles. The summed E-state index contributed by atoms with van der Waals surface area (Å²) in [5, 5.41) is 6.62. The molecule has 0 aliphatic heterocycles. The van der Waals surface area contributed by atoms with Crippen LogP contribution in [0.5, 0.6) is 11.5 Å². The first-order valence-electron chi connectivity index (χ1n) is 9.03. The van der Waals surface area contributed by atoms with Crippen molar-refractivity contribution in [3.63, 3.8) is 0 Å². The number of nitrogens with one attached hydrogen (secondary N) is 2. The second-order valence-corrected chi connectivity index (χ2v) is 6.69. The lowest BCUT2D eigenvalue weighted by Gasteiger charge is -2.20. The molecule has 1 fully saturated rings. The van der Waals surface area contributed by atoms with Gasteiger partial charge in [0.15, 0.2) is 17.5 Å². The van der Waals surface area contributed by atoms with Gasteiger partial charge >= 0.3 is 0 Å². The molecular formula is C21H26FN3O2. The highest BCUT2D eigenvalue weighted by atomic mass is 19.1. The van der Waals surface area contributed by atoms with E-state index in [2.05, 4.69) is 15.6 Å². The van der Waals surface area contributed by atoms with E-state index in [4.69, 9.17) is 9.47 Å². The minimum atomic E-state index is -0.142. The van der Waals surface area contributed by atoms with Crippen molar-refractivity contribution in [2.45, 2.75) is 24.8 Å². The van der Waals surface area contributed by atoms with Crippen molar-refractivity contribution in [2.75, 3.05) is 27.8 Å². The Hall–Kier alpha value is -2.76. The topological polar surface area (TPSA) is 54.9 Å². The van der Waals surface area contributed by atoms with Crippen LogP contribution in [-0.4, -0.2) is 33.8 Å². The molecule has 144 valence electrons. The summed E-state index contributed by atoms with van der Waals surface area (Å²) < 4.78 is 25.0. The fourth-order valence-electron chi connectivity index (χ4n) is 3.33. The molecule has 0 bridgehead atoms. The molecule has 5 nitrogen and oxygen atoms in total. The van der Waals surface area contributed by atoms with E-state index in [1.807, 2.05) is 30.3 Å². The number of halogens is 1. The Morgan fingerprint density at radius 3 is 2.48 bits per heavy atom. The predicted molar refractivity (Wildman–Crippen MR) is 105 cm³/mol. The summed E-state index contributed by atoms with van der Waals surface area (Å²) in [6, 6.07) is 12.8. The average Bonchev–Trinajstić information content (AvgIpc) is 3.48. The van der Waals surface area contributed by atoms with Gasteiger partial charge in [-0.15, -0.1) is 0 Å². The summed E-state index contributed by atoms with van der Waals surface area (Å²) in [5.41, 5.74) is 1.61. The first kappa shape index (κ1) is 19.0. The Labute approximate surface area is 159 Å². The normalized spacial score (nSPS) is 15.2. The van der Waals surface area contributed by atoms with Gasteiger partial charge in [-0.3, -0.25) is 4.99 Å². The van der Waals surface area contributed by atoms with Crippen LogP contribution in [0.3, 0.4) is 0 Å². The third-order valence-electron chi connectivity index (χ3n) is 5.05. The summed E-state index contributed by atoms with van der Waals surface area (Å²) in [6.45, 7) is 1.18. The van der Waals surface area contributed by atoms with Crippen molar-refractivity contribution in [3.05, 3.63) is 59.4 Å². The van der Waals surface area contributed by atoms with Gasteiger partial charge in [0.2, 0.25) is 0 Å². The van der Waals surface area contributed by atoms with E-state index in [1.54, 1.807) is 27.3 Å². The SMILES string of the molecule is CN=C(NCc1cccc(OC)c1OC)NCC1(c2ccccc2F)CC1. The van der Waals surface area contributed by atoms with Crippen molar-refractivity contribution in [2.24, 2.45) is 4.99 Å². The zero-order chi connectivity index (χ0) is 19.3. The van der Waals surface area contributed by atoms with Crippen LogP contribution < -0.4 is 20.1 Å².